The Labute approximate surface area is 144 Å². The lowest BCUT2D eigenvalue weighted by Crippen LogP contribution is -2.22. The van der Waals surface area contributed by atoms with Crippen molar-refractivity contribution >= 4 is 0 Å². The van der Waals surface area contributed by atoms with E-state index >= 15 is 0 Å². The maximum absolute atomic E-state index is 5.66. The highest BCUT2D eigenvalue weighted by Gasteiger charge is 2.29. The van der Waals surface area contributed by atoms with E-state index in [0.717, 1.165) is 49.7 Å². The molecule has 1 aliphatic rings. The fourth-order valence-corrected chi connectivity index (χ4v) is 3.23. The van der Waals surface area contributed by atoms with E-state index in [0.29, 0.717) is 12.0 Å². The van der Waals surface area contributed by atoms with Crippen molar-refractivity contribution in [2.75, 3.05) is 13.2 Å². The van der Waals surface area contributed by atoms with Gasteiger partial charge in [0.05, 0.1) is 12.6 Å². The van der Waals surface area contributed by atoms with Gasteiger partial charge in [-0.25, -0.2) is 0 Å². The Balaban J connectivity index is 1.65. The average Bonchev–Trinajstić information content (AvgIpc) is 3.23. The Kier molecular flexibility index (Phi) is 5.56. The van der Waals surface area contributed by atoms with Crippen LogP contribution in [0.3, 0.4) is 0 Å². The summed E-state index contributed by atoms with van der Waals surface area (Å²) in [6.45, 7) is 9.23. The van der Waals surface area contributed by atoms with Crippen LogP contribution in [0.2, 0.25) is 0 Å². The molecule has 0 radical (unpaired) electrons. The lowest BCUT2D eigenvalue weighted by molar-refractivity contribution is 0.236. The second-order valence-corrected chi connectivity index (χ2v) is 6.93. The number of rotatable bonds is 7. The number of ether oxygens (including phenoxy) is 1. The van der Waals surface area contributed by atoms with Gasteiger partial charge in [-0.05, 0) is 43.5 Å². The first-order valence-corrected chi connectivity index (χ1v) is 9.09. The SMILES string of the molecule is CCCOc1ccc(CN2CCCC2c2cc(C(C)C)on2)cc1. The molecule has 0 N–H and O–H groups in total. The average molecular weight is 328 g/mol. The Bertz CT molecular complexity index is 633. The molecule has 130 valence electrons. The van der Waals surface area contributed by atoms with Crippen LogP contribution in [0.25, 0.3) is 0 Å². The van der Waals surface area contributed by atoms with Crippen LogP contribution in [0.4, 0.5) is 0 Å². The first kappa shape index (κ1) is 17.0. The summed E-state index contributed by atoms with van der Waals surface area (Å²) in [5, 5.41) is 4.32. The normalized spacial score (nSPS) is 18.4. The first-order chi connectivity index (χ1) is 11.7. The molecule has 1 atom stereocenters. The highest BCUT2D eigenvalue weighted by atomic mass is 16.5. The highest BCUT2D eigenvalue weighted by molar-refractivity contribution is 5.27. The van der Waals surface area contributed by atoms with Gasteiger partial charge in [0.15, 0.2) is 0 Å². The van der Waals surface area contributed by atoms with Crippen LogP contribution in [0, 0.1) is 0 Å². The van der Waals surface area contributed by atoms with Crippen molar-refractivity contribution in [3.8, 4) is 5.75 Å². The molecule has 2 aromatic rings. The van der Waals surface area contributed by atoms with Crippen molar-refractivity contribution in [1.29, 1.82) is 0 Å². The summed E-state index contributed by atoms with van der Waals surface area (Å²) in [6, 6.07) is 11.0. The molecule has 0 bridgehead atoms. The van der Waals surface area contributed by atoms with Crippen LogP contribution in [0.1, 0.15) is 69.0 Å². The molecule has 1 aromatic heterocycles. The minimum atomic E-state index is 0.372. The summed E-state index contributed by atoms with van der Waals surface area (Å²) in [5.41, 5.74) is 2.40. The standard InChI is InChI=1S/C20H28N2O2/c1-4-12-23-17-9-7-16(8-10-17)14-22-11-5-6-19(22)18-13-20(15(2)3)24-21-18/h7-10,13,15,19H,4-6,11-12,14H2,1-3H3. The lowest BCUT2D eigenvalue weighted by Gasteiger charge is -2.22. The van der Waals surface area contributed by atoms with E-state index in [1.807, 2.05) is 0 Å². The molecule has 0 saturated carbocycles. The molecule has 0 amide bonds. The molecular weight excluding hydrogens is 300 g/mol. The number of hydrogen-bond donors (Lipinski definition) is 0. The van der Waals surface area contributed by atoms with Crippen LogP contribution in [-0.4, -0.2) is 23.2 Å². The van der Waals surface area contributed by atoms with Crippen molar-refractivity contribution in [1.82, 2.24) is 10.1 Å². The Morgan fingerprint density at radius 1 is 1.29 bits per heavy atom. The topological polar surface area (TPSA) is 38.5 Å². The first-order valence-electron chi connectivity index (χ1n) is 9.09. The molecule has 2 heterocycles. The summed E-state index contributed by atoms with van der Waals surface area (Å²) >= 11 is 0. The molecule has 1 unspecified atom stereocenters. The monoisotopic (exact) mass is 328 g/mol. The van der Waals surface area contributed by atoms with Gasteiger partial charge in [-0.2, -0.15) is 0 Å². The van der Waals surface area contributed by atoms with Crippen LogP contribution in [-0.2, 0) is 6.54 Å². The van der Waals surface area contributed by atoms with Crippen molar-refractivity contribution < 1.29 is 9.26 Å². The molecule has 1 aliphatic heterocycles. The molecule has 4 nitrogen and oxygen atoms in total. The zero-order valence-corrected chi connectivity index (χ0v) is 15.0. The largest absolute Gasteiger partial charge is 0.494 e. The van der Waals surface area contributed by atoms with E-state index in [-0.39, 0.29) is 0 Å². The van der Waals surface area contributed by atoms with E-state index in [2.05, 4.69) is 61.2 Å². The van der Waals surface area contributed by atoms with Crippen LogP contribution in [0.5, 0.6) is 5.75 Å². The third kappa shape index (κ3) is 3.99. The van der Waals surface area contributed by atoms with E-state index in [9.17, 15) is 0 Å². The maximum Gasteiger partial charge on any atom is 0.139 e. The summed E-state index contributed by atoms with van der Waals surface area (Å²) in [7, 11) is 0. The minimum absolute atomic E-state index is 0.372. The molecule has 3 rings (SSSR count). The molecule has 24 heavy (non-hydrogen) atoms. The van der Waals surface area contributed by atoms with Gasteiger partial charge >= 0.3 is 0 Å². The minimum Gasteiger partial charge on any atom is -0.494 e. The molecule has 1 aromatic carbocycles. The van der Waals surface area contributed by atoms with Crippen LogP contribution < -0.4 is 4.74 Å². The van der Waals surface area contributed by atoms with Crippen LogP contribution in [0.15, 0.2) is 34.9 Å². The van der Waals surface area contributed by atoms with Gasteiger partial charge < -0.3 is 9.26 Å². The number of nitrogens with zero attached hydrogens (tertiary/aromatic N) is 2. The fraction of sp³-hybridized carbons (Fsp3) is 0.550. The van der Waals surface area contributed by atoms with Crippen molar-refractivity contribution in [3.63, 3.8) is 0 Å². The molecule has 0 aliphatic carbocycles. The molecule has 1 saturated heterocycles. The van der Waals surface area contributed by atoms with Crippen LogP contribution >= 0.6 is 0 Å². The van der Waals surface area contributed by atoms with Gasteiger partial charge in [-0.1, -0.05) is 38.1 Å². The predicted octanol–water partition coefficient (Wildman–Crippen LogP) is 4.92. The van der Waals surface area contributed by atoms with Crippen molar-refractivity contribution in [2.24, 2.45) is 0 Å². The maximum atomic E-state index is 5.66. The Morgan fingerprint density at radius 2 is 2.08 bits per heavy atom. The van der Waals surface area contributed by atoms with E-state index < -0.39 is 0 Å². The van der Waals surface area contributed by atoms with E-state index in [1.165, 1.54) is 12.0 Å². The number of likely N-dealkylation sites (tertiary alicyclic amines) is 1. The van der Waals surface area contributed by atoms with Gasteiger partial charge in [0.1, 0.15) is 17.2 Å². The van der Waals surface area contributed by atoms with Crippen molar-refractivity contribution in [3.05, 3.63) is 47.3 Å². The number of benzene rings is 1. The Hall–Kier alpha value is -1.81. The smallest absolute Gasteiger partial charge is 0.139 e. The Morgan fingerprint density at radius 3 is 2.75 bits per heavy atom. The van der Waals surface area contributed by atoms with E-state index in [4.69, 9.17) is 9.26 Å². The lowest BCUT2D eigenvalue weighted by atomic mass is 10.1. The van der Waals surface area contributed by atoms with Gasteiger partial charge in [-0.15, -0.1) is 0 Å². The van der Waals surface area contributed by atoms with E-state index in [1.54, 1.807) is 0 Å². The van der Waals surface area contributed by atoms with Gasteiger partial charge in [-0.3, -0.25) is 4.90 Å². The van der Waals surface area contributed by atoms with Crippen molar-refractivity contribution in [2.45, 2.75) is 58.5 Å². The third-order valence-electron chi connectivity index (χ3n) is 4.60. The quantitative estimate of drug-likeness (QED) is 0.723. The summed E-state index contributed by atoms with van der Waals surface area (Å²) < 4.78 is 11.2. The summed E-state index contributed by atoms with van der Waals surface area (Å²) in [6.07, 6.45) is 3.40. The second-order valence-electron chi connectivity index (χ2n) is 6.93. The summed E-state index contributed by atoms with van der Waals surface area (Å²) in [5.74, 6) is 2.32. The molecular formula is C20H28N2O2. The zero-order chi connectivity index (χ0) is 16.9. The zero-order valence-electron chi connectivity index (χ0n) is 15.0. The second kappa shape index (κ2) is 7.84. The highest BCUT2D eigenvalue weighted by Crippen LogP contribution is 2.33. The predicted molar refractivity (Wildman–Crippen MR) is 95.2 cm³/mol. The molecule has 4 heteroatoms. The van der Waals surface area contributed by atoms with Gasteiger partial charge in [0, 0.05) is 18.5 Å². The third-order valence-corrected chi connectivity index (χ3v) is 4.60. The fourth-order valence-electron chi connectivity index (χ4n) is 3.23. The summed E-state index contributed by atoms with van der Waals surface area (Å²) in [4.78, 5) is 2.50. The molecule has 0 spiro atoms. The number of hydrogen-bond acceptors (Lipinski definition) is 4. The van der Waals surface area contributed by atoms with Gasteiger partial charge in [0.25, 0.3) is 0 Å². The number of aromatic nitrogens is 1. The molecule has 1 fully saturated rings. The van der Waals surface area contributed by atoms with Gasteiger partial charge in [0.2, 0.25) is 0 Å².